The first-order valence-corrected chi connectivity index (χ1v) is 11.4. The van der Waals surface area contributed by atoms with Crippen molar-refractivity contribution >= 4 is 23.7 Å². The third-order valence-corrected chi connectivity index (χ3v) is 5.15. The van der Waals surface area contributed by atoms with Gasteiger partial charge in [-0.05, 0) is 50.6 Å². The molecule has 184 valence electrons. The Morgan fingerprint density at radius 2 is 1.71 bits per heavy atom. The SMILES string of the molecule is CC(C)(C)OC(=O)N1CCN(CCNC(=O)NCc2ccc(NC(=O)c3ccco3)cc2)CC1. The first-order valence-electron chi connectivity index (χ1n) is 11.4. The molecule has 0 bridgehead atoms. The highest BCUT2D eigenvalue weighted by molar-refractivity contribution is 6.02. The zero-order chi connectivity index (χ0) is 24.6. The van der Waals surface area contributed by atoms with Crippen molar-refractivity contribution in [2.24, 2.45) is 0 Å². The van der Waals surface area contributed by atoms with Crippen molar-refractivity contribution in [1.29, 1.82) is 0 Å². The van der Waals surface area contributed by atoms with Crippen LogP contribution in [0.3, 0.4) is 0 Å². The number of furan rings is 1. The Balaban J connectivity index is 1.29. The molecule has 4 amide bonds. The summed E-state index contributed by atoms with van der Waals surface area (Å²) in [6.07, 6.45) is 1.17. The van der Waals surface area contributed by atoms with Gasteiger partial charge in [0, 0.05) is 51.5 Å². The number of rotatable bonds is 7. The number of hydrogen-bond acceptors (Lipinski definition) is 6. The molecule has 1 aliphatic rings. The number of piperazine rings is 1. The molecule has 0 saturated carbocycles. The molecule has 10 nitrogen and oxygen atoms in total. The van der Waals surface area contributed by atoms with Crippen LogP contribution in [0.4, 0.5) is 15.3 Å². The Morgan fingerprint density at radius 1 is 1.00 bits per heavy atom. The molecule has 1 fully saturated rings. The van der Waals surface area contributed by atoms with E-state index in [0.29, 0.717) is 38.4 Å². The molecule has 3 N–H and O–H groups in total. The van der Waals surface area contributed by atoms with Crippen LogP contribution >= 0.6 is 0 Å². The first kappa shape index (κ1) is 25.1. The molecule has 0 aliphatic carbocycles. The van der Waals surface area contributed by atoms with Crippen molar-refractivity contribution in [3.63, 3.8) is 0 Å². The average Bonchev–Trinajstić information content (AvgIpc) is 3.33. The molecular formula is C24H33N5O5. The zero-order valence-electron chi connectivity index (χ0n) is 19.9. The summed E-state index contributed by atoms with van der Waals surface area (Å²) in [5, 5.41) is 8.43. The van der Waals surface area contributed by atoms with Crippen molar-refractivity contribution in [2.75, 3.05) is 44.6 Å². The maximum atomic E-state index is 12.1. The second-order valence-corrected chi connectivity index (χ2v) is 9.05. The number of hydrogen-bond donors (Lipinski definition) is 3. The molecule has 0 unspecified atom stereocenters. The fraction of sp³-hybridized carbons (Fsp3) is 0.458. The molecule has 1 aromatic carbocycles. The largest absolute Gasteiger partial charge is 0.459 e. The van der Waals surface area contributed by atoms with Crippen molar-refractivity contribution in [3.8, 4) is 0 Å². The van der Waals surface area contributed by atoms with Crippen LogP contribution in [0.1, 0.15) is 36.9 Å². The number of anilines is 1. The van der Waals surface area contributed by atoms with Gasteiger partial charge in [-0.1, -0.05) is 12.1 Å². The molecule has 1 aromatic heterocycles. The van der Waals surface area contributed by atoms with E-state index in [0.717, 1.165) is 18.7 Å². The molecule has 2 aromatic rings. The van der Waals surface area contributed by atoms with E-state index in [2.05, 4.69) is 20.9 Å². The number of carbonyl (C=O) groups excluding carboxylic acids is 3. The fourth-order valence-corrected chi connectivity index (χ4v) is 3.36. The van der Waals surface area contributed by atoms with Gasteiger partial charge in [0.2, 0.25) is 0 Å². The Kier molecular flexibility index (Phi) is 8.53. The van der Waals surface area contributed by atoms with Gasteiger partial charge in [-0.25, -0.2) is 9.59 Å². The Hall–Kier alpha value is -3.53. The standard InChI is InChI=1S/C24H33N5O5/c1-24(2,3)34-23(32)29-14-12-28(13-15-29)11-10-25-22(31)26-17-18-6-8-19(9-7-18)27-21(30)20-5-4-16-33-20/h4-9,16H,10-15,17H2,1-3H3,(H,27,30)(H2,25,26,31). The van der Waals surface area contributed by atoms with E-state index in [1.807, 2.05) is 32.9 Å². The predicted molar refractivity (Wildman–Crippen MR) is 128 cm³/mol. The van der Waals surface area contributed by atoms with Gasteiger partial charge in [0.1, 0.15) is 5.60 Å². The molecule has 10 heteroatoms. The van der Waals surface area contributed by atoms with Gasteiger partial charge in [-0.15, -0.1) is 0 Å². The predicted octanol–water partition coefficient (Wildman–Crippen LogP) is 2.88. The topological polar surface area (TPSA) is 116 Å². The summed E-state index contributed by atoms with van der Waals surface area (Å²) in [5.41, 5.74) is 1.05. The van der Waals surface area contributed by atoms with E-state index in [9.17, 15) is 14.4 Å². The molecule has 3 rings (SSSR count). The van der Waals surface area contributed by atoms with Crippen LogP contribution in [0.15, 0.2) is 47.1 Å². The lowest BCUT2D eigenvalue weighted by atomic mass is 10.2. The highest BCUT2D eigenvalue weighted by Crippen LogP contribution is 2.13. The van der Waals surface area contributed by atoms with Crippen LogP contribution in [-0.4, -0.2) is 72.7 Å². The quantitative estimate of drug-likeness (QED) is 0.572. The Bertz CT molecular complexity index is 945. The molecule has 2 heterocycles. The van der Waals surface area contributed by atoms with E-state index >= 15 is 0 Å². The summed E-state index contributed by atoms with van der Waals surface area (Å²) in [7, 11) is 0. The van der Waals surface area contributed by atoms with Crippen LogP contribution in [0, 0.1) is 0 Å². The summed E-state index contributed by atoms with van der Waals surface area (Å²) in [5.74, 6) is -0.0751. The van der Waals surface area contributed by atoms with Gasteiger partial charge >= 0.3 is 12.1 Å². The van der Waals surface area contributed by atoms with Gasteiger partial charge in [-0.2, -0.15) is 0 Å². The number of urea groups is 1. The van der Waals surface area contributed by atoms with E-state index in [1.165, 1.54) is 6.26 Å². The van der Waals surface area contributed by atoms with Crippen LogP contribution in [-0.2, 0) is 11.3 Å². The molecule has 0 atom stereocenters. The lowest BCUT2D eigenvalue weighted by Crippen LogP contribution is -2.51. The molecule has 1 aliphatic heterocycles. The molecule has 0 spiro atoms. The molecule has 34 heavy (non-hydrogen) atoms. The number of amides is 4. The monoisotopic (exact) mass is 471 g/mol. The third kappa shape index (κ3) is 8.11. The second-order valence-electron chi connectivity index (χ2n) is 9.05. The van der Waals surface area contributed by atoms with Gasteiger partial charge in [0.25, 0.3) is 5.91 Å². The van der Waals surface area contributed by atoms with Crippen LogP contribution in [0.2, 0.25) is 0 Å². The number of ether oxygens (including phenoxy) is 1. The Morgan fingerprint density at radius 3 is 2.32 bits per heavy atom. The highest BCUT2D eigenvalue weighted by atomic mass is 16.6. The van der Waals surface area contributed by atoms with Crippen LogP contribution in [0.25, 0.3) is 0 Å². The highest BCUT2D eigenvalue weighted by Gasteiger charge is 2.25. The minimum atomic E-state index is -0.496. The van der Waals surface area contributed by atoms with Crippen molar-refractivity contribution < 1.29 is 23.5 Å². The van der Waals surface area contributed by atoms with Gasteiger partial charge in [0.05, 0.1) is 6.26 Å². The minimum absolute atomic E-state index is 0.243. The fourth-order valence-electron chi connectivity index (χ4n) is 3.36. The second kappa shape index (κ2) is 11.6. The molecule has 0 radical (unpaired) electrons. The lowest BCUT2D eigenvalue weighted by Gasteiger charge is -2.35. The summed E-state index contributed by atoms with van der Waals surface area (Å²) < 4.78 is 10.5. The maximum Gasteiger partial charge on any atom is 0.410 e. The Labute approximate surface area is 199 Å². The van der Waals surface area contributed by atoms with Crippen LogP contribution in [0.5, 0.6) is 0 Å². The molecule has 1 saturated heterocycles. The zero-order valence-corrected chi connectivity index (χ0v) is 19.9. The maximum absolute atomic E-state index is 12.1. The van der Waals surface area contributed by atoms with E-state index in [1.54, 1.807) is 29.2 Å². The van der Waals surface area contributed by atoms with Crippen molar-refractivity contribution in [1.82, 2.24) is 20.4 Å². The number of benzene rings is 1. The molecular weight excluding hydrogens is 438 g/mol. The summed E-state index contributed by atoms with van der Waals surface area (Å²) in [4.78, 5) is 40.1. The third-order valence-electron chi connectivity index (χ3n) is 5.15. The van der Waals surface area contributed by atoms with E-state index in [-0.39, 0.29) is 23.8 Å². The lowest BCUT2D eigenvalue weighted by molar-refractivity contribution is 0.0147. The number of carbonyl (C=O) groups is 3. The van der Waals surface area contributed by atoms with Crippen molar-refractivity contribution in [3.05, 3.63) is 54.0 Å². The minimum Gasteiger partial charge on any atom is -0.459 e. The number of nitrogens with one attached hydrogen (secondary N) is 3. The van der Waals surface area contributed by atoms with Crippen LogP contribution < -0.4 is 16.0 Å². The van der Waals surface area contributed by atoms with Gasteiger partial charge in [0.15, 0.2) is 5.76 Å². The normalized spacial score (nSPS) is 14.4. The van der Waals surface area contributed by atoms with Gasteiger partial charge < -0.3 is 30.0 Å². The summed E-state index contributed by atoms with van der Waals surface area (Å²) >= 11 is 0. The van der Waals surface area contributed by atoms with E-state index in [4.69, 9.17) is 9.15 Å². The average molecular weight is 472 g/mol. The van der Waals surface area contributed by atoms with Gasteiger partial charge in [-0.3, -0.25) is 9.69 Å². The summed E-state index contributed by atoms with van der Waals surface area (Å²) in [6, 6.07) is 10.2. The smallest absolute Gasteiger partial charge is 0.410 e. The number of nitrogens with zero attached hydrogens (tertiary/aromatic N) is 2. The first-order chi connectivity index (χ1) is 16.2. The summed E-state index contributed by atoms with van der Waals surface area (Å²) in [6.45, 7) is 9.86. The van der Waals surface area contributed by atoms with E-state index < -0.39 is 5.60 Å². The van der Waals surface area contributed by atoms with Crippen molar-refractivity contribution in [2.45, 2.75) is 32.9 Å².